The summed E-state index contributed by atoms with van der Waals surface area (Å²) in [6.07, 6.45) is 4.45. The molecule has 0 spiro atoms. The SMILES string of the molecule is CC(C)C1CCC(NC=O)C1. The summed E-state index contributed by atoms with van der Waals surface area (Å²) < 4.78 is 0. The summed E-state index contributed by atoms with van der Waals surface area (Å²) in [6.45, 7) is 4.52. The van der Waals surface area contributed by atoms with Crippen LogP contribution in [0.15, 0.2) is 0 Å². The van der Waals surface area contributed by atoms with Crippen molar-refractivity contribution < 1.29 is 4.79 Å². The van der Waals surface area contributed by atoms with Crippen LogP contribution in [0.3, 0.4) is 0 Å². The highest BCUT2D eigenvalue weighted by molar-refractivity contribution is 5.46. The molecule has 1 rings (SSSR count). The van der Waals surface area contributed by atoms with Crippen molar-refractivity contribution in [3.63, 3.8) is 0 Å². The Morgan fingerprint density at radius 2 is 2.18 bits per heavy atom. The molecule has 11 heavy (non-hydrogen) atoms. The fourth-order valence-electron chi connectivity index (χ4n) is 1.87. The second-order valence-corrected chi connectivity index (χ2v) is 3.80. The molecule has 1 amide bonds. The summed E-state index contributed by atoms with van der Waals surface area (Å²) in [5, 5.41) is 2.85. The van der Waals surface area contributed by atoms with Gasteiger partial charge in [-0.2, -0.15) is 0 Å². The van der Waals surface area contributed by atoms with Crippen molar-refractivity contribution in [2.75, 3.05) is 0 Å². The number of carbonyl (C=O) groups excluding carboxylic acids is 1. The predicted octanol–water partition coefficient (Wildman–Crippen LogP) is 1.56. The quantitative estimate of drug-likeness (QED) is 0.616. The zero-order valence-electron chi connectivity index (χ0n) is 7.34. The normalized spacial score (nSPS) is 30.8. The van der Waals surface area contributed by atoms with E-state index < -0.39 is 0 Å². The van der Waals surface area contributed by atoms with Crippen molar-refractivity contribution >= 4 is 6.41 Å². The average Bonchev–Trinajstić information content (AvgIpc) is 2.37. The number of nitrogens with one attached hydrogen (secondary N) is 1. The van der Waals surface area contributed by atoms with Gasteiger partial charge in [-0.1, -0.05) is 13.8 Å². The van der Waals surface area contributed by atoms with Gasteiger partial charge in [0.25, 0.3) is 0 Å². The highest BCUT2D eigenvalue weighted by Gasteiger charge is 2.25. The van der Waals surface area contributed by atoms with Crippen LogP contribution < -0.4 is 5.32 Å². The Morgan fingerprint density at radius 3 is 2.64 bits per heavy atom. The molecule has 1 saturated carbocycles. The molecule has 0 heterocycles. The lowest BCUT2D eigenvalue weighted by Crippen LogP contribution is -2.24. The molecule has 0 aromatic carbocycles. The minimum absolute atomic E-state index is 0.458. The van der Waals surface area contributed by atoms with E-state index in [-0.39, 0.29) is 0 Å². The molecule has 64 valence electrons. The van der Waals surface area contributed by atoms with Crippen LogP contribution in [0.5, 0.6) is 0 Å². The number of hydrogen-bond donors (Lipinski definition) is 1. The van der Waals surface area contributed by atoms with E-state index in [0.29, 0.717) is 6.04 Å². The van der Waals surface area contributed by atoms with E-state index in [2.05, 4.69) is 19.2 Å². The third-order valence-electron chi connectivity index (χ3n) is 2.72. The van der Waals surface area contributed by atoms with Crippen molar-refractivity contribution in [1.82, 2.24) is 5.32 Å². The zero-order valence-corrected chi connectivity index (χ0v) is 7.34. The van der Waals surface area contributed by atoms with E-state index in [1.165, 1.54) is 19.3 Å². The van der Waals surface area contributed by atoms with Gasteiger partial charge in [-0.15, -0.1) is 0 Å². The highest BCUT2D eigenvalue weighted by atomic mass is 16.1. The van der Waals surface area contributed by atoms with Gasteiger partial charge in [0, 0.05) is 6.04 Å². The largest absolute Gasteiger partial charge is 0.356 e. The summed E-state index contributed by atoms with van der Waals surface area (Å²) >= 11 is 0. The van der Waals surface area contributed by atoms with E-state index in [1.54, 1.807) is 0 Å². The first-order valence-corrected chi connectivity index (χ1v) is 4.43. The maximum atomic E-state index is 10.1. The number of amides is 1. The van der Waals surface area contributed by atoms with Gasteiger partial charge in [0.05, 0.1) is 0 Å². The smallest absolute Gasteiger partial charge is 0.207 e. The minimum Gasteiger partial charge on any atom is -0.356 e. The van der Waals surface area contributed by atoms with E-state index in [4.69, 9.17) is 0 Å². The molecule has 0 aromatic rings. The molecule has 0 radical (unpaired) electrons. The van der Waals surface area contributed by atoms with Crippen LogP contribution >= 0.6 is 0 Å². The van der Waals surface area contributed by atoms with E-state index in [9.17, 15) is 4.79 Å². The standard InChI is InChI=1S/C9H17NO/c1-7(2)8-3-4-9(5-8)10-6-11/h6-9H,3-5H2,1-2H3,(H,10,11). The van der Waals surface area contributed by atoms with Gasteiger partial charge >= 0.3 is 0 Å². The highest BCUT2D eigenvalue weighted by Crippen LogP contribution is 2.30. The molecule has 0 saturated heterocycles. The van der Waals surface area contributed by atoms with E-state index in [0.717, 1.165) is 18.2 Å². The Morgan fingerprint density at radius 1 is 1.45 bits per heavy atom. The van der Waals surface area contributed by atoms with Crippen molar-refractivity contribution in [3.8, 4) is 0 Å². The topological polar surface area (TPSA) is 29.1 Å². The fraction of sp³-hybridized carbons (Fsp3) is 0.889. The fourth-order valence-corrected chi connectivity index (χ4v) is 1.87. The van der Waals surface area contributed by atoms with E-state index in [1.807, 2.05) is 0 Å². The summed E-state index contributed by atoms with van der Waals surface area (Å²) in [6, 6.07) is 0.458. The van der Waals surface area contributed by atoms with Gasteiger partial charge < -0.3 is 5.32 Å². The molecule has 0 bridgehead atoms. The van der Waals surface area contributed by atoms with Crippen LogP contribution in [-0.2, 0) is 4.79 Å². The van der Waals surface area contributed by atoms with Gasteiger partial charge in [-0.25, -0.2) is 0 Å². The predicted molar refractivity (Wildman–Crippen MR) is 45.2 cm³/mol. The first-order valence-electron chi connectivity index (χ1n) is 4.43. The van der Waals surface area contributed by atoms with Crippen LogP contribution in [0, 0.1) is 11.8 Å². The van der Waals surface area contributed by atoms with Crippen LogP contribution in [-0.4, -0.2) is 12.5 Å². The monoisotopic (exact) mass is 155 g/mol. The lowest BCUT2D eigenvalue weighted by atomic mass is 9.94. The Balaban J connectivity index is 2.28. The van der Waals surface area contributed by atoms with Crippen molar-refractivity contribution in [3.05, 3.63) is 0 Å². The Hall–Kier alpha value is -0.530. The van der Waals surface area contributed by atoms with E-state index >= 15 is 0 Å². The summed E-state index contributed by atoms with van der Waals surface area (Å²) in [7, 11) is 0. The number of rotatable bonds is 3. The minimum atomic E-state index is 0.458. The van der Waals surface area contributed by atoms with Crippen molar-refractivity contribution in [2.24, 2.45) is 11.8 Å². The number of carbonyl (C=O) groups is 1. The molecule has 2 unspecified atom stereocenters. The second kappa shape index (κ2) is 3.74. The van der Waals surface area contributed by atoms with Gasteiger partial charge in [0.2, 0.25) is 6.41 Å². The molecule has 1 N–H and O–H groups in total. The lowest BCUT2D eigenvalue weighted by Gasteiger charge is -2.13. The Kier molecular flexibility index (Phi) is 2.92. The molecule has 0 aromatic heterocycles. The van der Waals surface area contributed by atoms with Crippen molar-refractivity contribution in [1.29, 1.82) is 0 Å². The van der Waals surface area contributed by atoms with Gasteiger partial charge in [-0.05, 0) is 31.1 Å². The average molecular weight is 155 g/mol. The zero-order chi connectivity index (χ0) is 8.27. The second-order valence-electron chi connectivity index (χ2n) is 3.80. The summed E-state index contributed by atoms with van der Waals surface area (Å²) in [5.41, 5.74) is 0. The van der Waals surface area contributed by atoms with Crippen LogP contribution in [0.4, 0.5) is 0 Å². The third-order valence-corrected chi connectivity index (χ3v) is 2.72. The third kappa shape index (κ3) is 2.21. The van der Waals surface area contributed by atoms with Crippen LogP contribution in [0.2, 0.25) is 0 Å². The molecular formula is C9H17NO. The van der Waals surface area contributed by atoms with Gasteiger partial charge in [0.1, 0.15) is 0 Å². The molecule has 1 aliphatic rings. The van der Waals surface area contributed by atoms with Gasteiger partial charge in [-0.3, -0.25) is 4.79 Å². The van der Waals surface area contributed by atoms with Crippen LogP contribution in [0.1, 0.15) is 33.1 Å². The van der Waals surface area contributed by atoms with Crippen molar-refractivity contribution in [2.45, 2.75) is 39.2 Å². The summed E-state index contributed by atoms with van der Waals surface area (Å²) in [5.74, 6) is 1.60. The molecule has 0 aliphatic heterocycles. The summed E-state index contributed by atoms with van der Waals surface area (Å²) in [4.78, 5) is 10.1. The molecule has 2 atom stereocenters. The first-order chi connectivity index (χ1) is 5.24. The molecular weight excluding hydrogens is 138 g/mol. The molecule has 1 aliphatic carbocycles. The first kappa shape index (κ1) is 8.57. The van der Waals surface area contributed by atoms with Crippen LogP contribution in [0.25, 0.3) is 0 Å². The maximum Gasteiger partial charge on any atom is 0.207 e. The van der Waals surface area contributed by atoms with Gasteiger partial charge in [0.15, 0.2) is 0 Å². The lowest BCUT2D eigenvalue weighted by molar-refractivity contribution is -0.110. The Bertz CT molecular complexity index is 134. The Labute approximate surface area is 68.4 Å². The number of hydrogen-bond acceptors (Lipinski definition) is 1. The maximum absolute atomic E-state index is 10.1. The molecule has 2 nitrogen and oxygen atoms in total. The molecule has 2 heteroatoms. The molecule has 1 fully saturated rings.